The zero-order valence-corrected chi connectivity index (χ0v) is 16.9. The van der Waals surface area contributed by atoms with Crippen molar-refractivity contribution in [2.24, 2.45) is 4.99 Å². The topological polar surface area (TPSA) is 82.3 Å². The van der Waals surface area contributed by atoms with Crippen molar-refractivity contribution in [3.63, 3.8) is 0 Å². The summed E-state index contributed by atoms with van der Waals surface area (Å²) < 4.78 is 26.1. The van der Waals surface area contributed by atoms with Gasteiger partial charge in [0.05, 0.1) is 17.6 Å². The van der Waals surface area contributed by atoms with E-state index in [0.717, 1.165) is 5.56 Å². The van der Waals surface area contributed by atoms with Crippen LogP contribution in [0.1, 0.15) is 47.9 Å². The lowest BCUT2D eigenvalue weighted by atomic mass is 9.85. The summed E-state index contributed by atoms with van der Waals surface area (Å²) >= 11 is 0. The number of nitriles is 1. The van der Waals surface area contributed by atoms with E-state index in [1.807, 2.05) is 12.1 Å². The van der Waals surface area contributed by atoms with Crippen molar-refractivity contribution in [3.05, 3.63) is 82.6 Å². The SMILES string of the molecule is CC1=NC=C(C(=O)NCCCc2ccc(C#N)cc2)C(=O)C1c1cccc(C(F)F)c1. The molecule has 7 heteroatoms. The molecule has 0 fully saturated rings. The first kappa shape index (κ1) is 22.0. The number of aryl methyl sites for hydroxylation is 1. The van der Waals surface area contributed by atoms with Crippen molar-refractivity contribution < 1.29 is 18.4 Å². The van der Waals surface area contributed by atoms with Crippen LogP contribution in [-0.2, 0) is 16.0 Å². The van der Waals surface area contributed by atoms with Crippen molar-refractivity contribution in [2.75, 3.05) is 6.54 Å². The van der Waals surface area contributed by atoms with Crippen molar-refractivity contribution in [1.82, 2.24) is 5.32 Å². The van der Waals surface area contributed by atoms with E-state index in [9.17, 15) is 18.4 Å². The number of halogens is 2. The van der Waals surface area contributed by atoms with E-state index in [1.54, 1.807) is 25.1 Å². The molecule has 3 rings (SSSR count). The Labute approximate surface area is 179 Å². The molecule has 0 spiro atoms. The standard InChI is InChI=1S/C24H21F2N3O2/c1-15-21(18-5-2-6-19(12-18)23(25)26)22(30)20(14-29-15)24(31)28-11-3-4-16-7-9-17(13-27)10-8-16/h2,5-10,12,14,21,23H,3-4,11H2,1H3,(H,28,31). The highest BCUT2D eigenvalue weighted by Crippen LogP contribution is 2.29. The molecule has 1 unspecified atom stereocenters. The molecule has 158 valence electrons. The van der Waals surface area contributed by atoms with Crippen LogP contribution in [0.4, 0.5) is 8.78 Å². The van der Waals surface area contributed by atoms with Gasteiger partial charge in [0.15, 0.2) is 5.78 Å². The molecule has 0 saturated carbocycles. The number of carbonyl (C=O) groups excluding carboxylic acids is 2. The number of carbonyl (C=O) groups is 2. The Bertz CT molecular complexity index is 1080. The number of aliphatic imine (C=N–C) groups is 1. The summed E-state index contributed by atoms with van der Waals surface area (Å²) in [7, 11) is 0. The summed E-state index contributed by atoms with van der Waals surface area (Å²) in [4.78, 5) is 29.7. The average Bonchev–Trinajstić information content (AvgIpc) is 2.77. The Hall–Kier alpha value is -3.66. The maximum absolute atomic E-state index is 13.0. The molecule has 31 heavy (non-hydrogen) atoms. The van der Waals surface area contributed by atoms with Crippen LogP contribution in [0.25, 0.3) is 0 Å². The quantitative estimate of drug-likeness (QED) is 0.536. The fraction of sp³-hybridized carbons (Fsp3) is 0.250. The predicted molar refractivity (Wildman–Crippen MR) is 113 cm³/mol. The van der Waals surface area contributed by atoms with Crippen LogP contribution in [0.5, 0.6) is 0 Å². The second-order valence-electron chi connectivity index (χ2n) is 7.25. The third-order valence-corrected chi connectivity index (χ3v) is 5.09. The zero-order chi connectivity index (χ0) is 22.4. The Morgan fingerprint density at radius 3 is 2.65 bits per heavy atom. The molecule has 0 saturated heterocycles. The number of alkyl halides is 2. The average molecular weight is 421 g/mol. The molecule has 1 atom stereocenters. The van der Waals surface area contributed by atoms with Crippen LogP contribution in [0, 0.1) is 11.3 Å². The van der Waals surface area contributed by atoms with Gasteiger partial charge >= 0.3 is 0 Å². The third kappa shape index (κ3) is 5.28. The number of Topliss-reactive ketones (excluding diaryl/α,β-unsaturated/α-hetero) is 1. The first-order valence-electron chi connectivity index (χ1n) is 9.84. The minimum Gasteiger partial charge on any atom is -0.352 e. The van der Waals surface area contributed by atoms with E-state index in [-0.39, 0.29) is 11.1 Å². The molecule has 5 nitrogen and oxygen atoms in total. The molecular weight excluding hydrogens is 400 g/mol. The highest BCUT2D eigenvalue weighted by Gasteiger charge is 2.33. The highest BCUT2D eigenvalue weighted by atomic mass is 19.3. The number of hydrogen-bond donors (Lipinski definition) is 1. The van der Waals surface area contributed by atoms with Gasteiger partial charge in [0.2, 0.25) is 0 Å². The minimum absolute atomic E-state index is 0.0866. The summed E-state index contributed by atoms with van der Waals surface area (Å²) in [6.45, 7) is 2.00. The van der Waals surface area contributed by atoms with Gasteiger partial charge in [0.25, 0.3) is 12.3 Å². The van der Waals surface area contributed by atoms with E-state index in [2.05, 4.69) is 16.4 Å². The first-order chi connectivity index (χ1) is 14.9. The molecule has 0 aromatic heterocycles. The maximum Gasteiger partial charge on any atom is 0.263 e. The first-order valence-corrected chi connectivity index (χ1v) is 9.84. The molecule has 1 N–H and O–H groups in total. The Morgan fingerprint density at radius 2 is 1.97 bits per heavy atom. The highest BCUT2D eigenvalue weighted by molar-refractivity contribution is 6.28. The Morgan fingerprint density at radius 1 is 1.23 bits per heavy atom. The fourth-order valence-electron chi connectivity index (χ4n) is 3.42. The molecule has 1 aliphatic heterocycles. The van der Waals surface area contributed by atoms with E-state index >= 15 is 0 Å². The lowest BCUT2D eigenvalue weighted by Gasteiger charge is -2.21. The lowest BCUT2D eigenvalue weighted by Crippen LogP contribution is -2.34. The molecule has 0 bridgehead atoms. The van der Waals surface area contributed by atoms with Crippen molar-refractivity contribution in [1.29, 1.82) is 5.26 Å². The van der Waals surface area contributed by atoms with Gasteiger partial charge in [-0.05, 0) is 49.1 Å². The molecule has 0 aliphatic carbocycles. The van der Waals surface area contributed by atoms with Gasteiger partial charge in [0, 0.05) is 24.0 Å². The van der Waals surface area contributed by atoms with Crippen LogP contribution < -0.4 is 5.32 Å². The summed E-state index contributed by atoms with van der Waals surface area (Å²) in [5.41, 5.74) is 2.21. The van der Waals surface area contributed by atoms with Gasteiger partial charge in [-0.2, -0.15) is 5.26 Å². The van der Waals surface area contributed by atoms with Crippen molar-refractivity contribution >= 4 is 17.4 Å². The molecule has 2 aromatic rings. The van der Waals surface area contributed by atoms with Crippen molar-refractivity contribution in [2.45, 2.75) is 32.1 Å². The molecule has 1 amide bonds. The summed E-state index contributed by atoms with van der Waals surface area (Å²) in [5, 5.41) is 11.5. The minimum atomic E-state index is -2.65. The molecule has 0 radical (unpaired) electrons. The Balaban J connectivity index is 1.61. The third-order valence-electron chi connectivity index (χ3n) is 5.09. The number of hydrogen-bond acceptors (Lipinski definition) is 4. The second kappa shape index (κ2) is 9.90. The molecule has 1 aliphatic rings. The van der Waals surface area contributed by atoms with Crippen molar-refractivity contribution in [3.8, 4) is 6.07 Å². The summed E-state index contributed by atoms with van der Waals surface area (Å²) in [6.07, 6.45) is -0.0490. The maximum atomic E-state index is 13.0. The zero-order valence-electron chi connectivity index (χ0n) is 16.9. The van der Waals surface area contributed by atoms with Gasteiger partial charge in [-0.3, -0.25) is 14.6 Å². The second-order valence-corrected chi connectivity index (χ2v) is 7.25. The smallest absolute Gasteiger partial charge is 0.263 e. The monoisotopic (exact) mass is 421 g/mol. The number of benzene rings is 2. The largest absolute Gasteiger partial charge is 0.352 e. The van der Waals surface area contributed by atoms with Gasteiger partial charge in [-0.15, -0.1) is 0 Å². The normalized spacial score (nSPS) is 15.8. The number of rotatable bonds is 7. The number of amides is 1. The number of ketones is 1. The van der Waals surface area contributed by atoms with E-state index in [4.69, 9.17) is 5.26 Å². The molecular formula is C24H21F2N3O2. The van der Waals surface area contributed by atoms with Gasteiger partial charge in [0.1, 0.15) is 5.57 Å². The van der Waals surface area contributed by atoms with Gasteiger partial charge in [-0.25, -0.2) is 8.78 Å². The fourth-order valence-corrected chi connectivity index (χ4v) is 3.42. The Kier molecular flexibility index (Phi) is 7.03. The van der Waals surface area contributed by atoms with Gasteiger partial charge < -0.3 is 5.32 Å². The number of nitrogens with zero attached hydrogens (tertiary/aromatic N) is 2. The van der Waals surface area contributed by atoms with Crippen LogP contribution in [0.3, 0.4) is 0 Å². The predicted octanol–water partition coefficient (Wildman–Crippen LogP) is 4.26. The summed E-state index contributed by atoms with van der Waals surface area (Å²) in [5.74, 6) is -1.84. The van der Waals surface area contributed by atoms with E-state index < -0.39 is 24.0 Å². The van der Waals surface area contributed by atoms with Crippen LogP contribution in [0.2, 0.25) is 0 Å². The van der Waals surface area contributed by atoms with Gasteiger partial charge in [-0.1, -0.05) is 30.3 Å². The lowest BCUT2D eigenvalue weighted by molar-refractivity contribution is -0.122. The number of nitrogens with one attached hydrogen (secondary N) is 1. The van der Waals surface area contributed by atoms with Crippen LogP contribution in [-0.4, -0.2) is 23.9 Å². The molecule has 1 heterocycles. The van der Waals surface area contributed by atoms with Crippen LogP contribution >= 0.6 is 0 Å². The van der Waals surface area contributed by atoms with Crippen LogP contribution in [0.15, 0.2) is 65.3 Å². The van der Waals surface area contributed by atoms with E-state index in [1.165, 1.54) is 24.4 Å². The summed E-state index contributed by atoms with van der Waals surface area (Å²) in [6, 6.07) is 14.9. The van der Waals surface area contributed by atoms with E-state index in [0.29, 0.717) is 36.2 Å². The molecule has 2 aromatic carbocycles.